The van der Waals surface area contributed by atoms with Gasteiger partial charge in [0.05, 0.1) is 25.4 Å². The molecule has 1 aliphatic rings. The largest absolute Gasteiger partial charge is 0.389 e. The maximum absolute atomic E-state index is 9.80. The van der Waals surface area contributed by atoms with Crippen LogP contribution in [0.2, 0.25) is 0 Å². The SMILES string of the molecule is Cc1ccsc1CNCC(O)COCC1CCCO1. The maximum Gasteiger partial charge on any atom is 0.0897 e. The Balaban J connectivity index is 1.52. The van der Waals surface area contributed by atoms with Crippen molar-refractivity contribution in [2.24, 2.45) is 0 Å². The minimum absolute atomic E-state index is 0.230. The van der Waals surface area contributed by atoms with Crippen LogP contribution < -0.4 is 5.32 Å². The average Bonchev–Trinajstić information content (AvgIpc) is 3.02. The number of nitrogens with one attached hydrogen (secondary N) is 1. The summed E-state index contributed by atoms with van der Waals surface area (Å²) < 4.78 is 10.9. The Bertz CT molecular complexity index is 363. The van der Waals surface area contributed by atoms with Crippen LogP contribution in [0.15, 0.2) is 11.4 Å². The zero-order chi connectivity index (χ0) is 13.5. The lowest BCUT2D eigenvalue weighted by Gasteiger charge is -2.14. The molecule has 2 atom stereocenters. The van der Waals surface area contributed by atoms with Gasteiger partial charge in [0.25, 0.3) is 0 Å². The number of aryl methyl sites for hydroxylation is 1. The van der Waals surface area contributed by atoms with Crippen LogP contribution >= 0.6 is 11.3 Å². The summed E-state index contributed by atoms with van der Waals surface area (Å²) in [6, 6.07) is 2.11. The highest BCUT2D eigenvalue weighted by atomic mass is 32.1. The molecule has 2 N–H and O–H groups in total. The summed E-state index contributed by atoms with van der Waals surface area (Å²) in [6.07, 6.45) is 1.97. The highest BCUT2D eigenvalue weighted by molar-refractivity contribution is 7.10. The van der Waals surface area contributed by atoms with E-state index in [1.807, 2.05) is 0 Å². The van der Waals surface area contributed by atoms with Crippen LogP contribution in [0.5, 0.6) is 0 Å². The Hall–Kier alpha value is -0.460. The fraction of sp³-hybridized carbons (Fsp3) is 0.714. The highest BCUT2D eigenvalue weighted by Crippen LogP contribution is 2.14. The molecule has 0 spiro atoms. The molecule has 5 heteroatoms. The Labute approximate surface area is 118 Å². The first-order valence-electron chi connectivity index (χ1n) is 6.87. The van der Waals surface area contributed by atoms with Crippen LogP contribution in [-0.2, 0) is 16.0 Å². The Kier molecular flexibility index (Phi) is 6.26. The summed E-state index contributed by atoms with van der Waals surface area (Å²) in [5.74, 6) is 0. The summed E-state index contributed by atoms with van der Waals surface area (Å²) in [5, 5.41) is 15.1. The fourth-order valence-corrected chi connectivity index (χ4v) is 2.98. The topological polar surface area (TPSA) is 50.7 Å². The van der Waals surface area contributed by atoms with Crippen molar-refractivity contribution < 1.29 is 14.6 Å². The van der Waals surface area contributed by atoms with Gasteiger partial charge in [-0.15, -0.1) is 11.3 Å². The van der Waals surface area contributed by atoms with E-state index in [0.717, 1.165) is 26.0 Å². The molecule has 2 unspecified atom stereocenters. The van der Waals surface area contributed by atoms with Crippen LogP contribution in [0.25, 0.3) is 0 Å². The second-order valence-corrected chi connectivity index (χ2v) is 5.98. The molecule has 2 heterocycles. The molecule has 0 aliphatic carbocycles. The number of hydrogen-bond acceptors (Lipinski definition) is 5. The molecule has 1 saturated heterocycles. The van der Waals surface area contributed by atoms with E-state index in [-0.39, 0.29) is 6.10 Å². The second kappa shape index (κ2) is 7.97. The molecule has 0 amide bonds. The molecule has 1 aliphatic heterocycles. The molecule has 2 rings (SSSR count). The Morgan fingerprint density at radius 2 is 2.53 bits per heavy atom. The van der Waals surface area contributed by atoms with Crippen LogP contribution in [-0.4, -0.2) is 43.7 Å². The lowest BCUT2D eigenvalue weighted by Crippen LogP contribution is -2.31. The fourth-order valence-electron chi connectivity index (χ4n) is 2.11. The molecule has 1 aromatic rings. The van der Waals surface area contributed by atoms with E-state index in [1.54, 1.807) is 11.3 Å². The third-order valence-electron chi connectivity index (χ3n) is 3.27. The molecule has 0 bridgehead atoms. The van der Waals surface area contributed by atoms with Crippen molar-refractivity contribution in [3.63, 3.8) is 0 Å². The van der Waals surface area contributed by atoms with Crippen LogP contribution in [0.1, 0.15) is 23.3 Å². The van der Waals surface area contributed by atoms with Crippen molar-refractivity contribution in [1.29, 1.82) is 0 Å². The zero-order valence-corrected chi connectivity index (χ0v) is 12.2. The third-order valence-corrected chi connectivity index (χ3v) is 4.29. The van der Waals surface area contributed by atoms with Gasteiger partial charge in [-0.25, -0.2) is 0 Å². The number of thiophene rings is 1. The molecule has 1 aromatic heterocycles. The normalized spacial score (nSPS) is 20.8. The predicted molar refractivity (Wildman–Crippen MR) is 76.6 cm³/mol. The van der Waals surface area contributed by atoms with Gasteiger partial charge in [-0.2, -0.15) is 0 Å². The summed E-state index contributed by atoms with van der Waals surface area (Å²) in [6.45, 7) is 5.29. The predicted octanol–water partition coefficient (Wildman–Crippen LogP) is 1.70. The van der Waals surface area contributed by atoms with Gasteiger partial charge in [0.2, 0.25) is 0 Å². The van der Waals surface area contributed by atoms with Crippen molar-refractivity contribution in [2.45, 2.75) is 38.5 Å². The number of hydrogen-bond donors (Lipinski definition) is 2. The summed E-state index contributed by atoms with van der Waals surface area (Å²) in [4.78, 5) is 1.33. The molecule has 1 fully saturated rings. The molecular weight excluding hydrogens is 262 g/mol. The van der Waals surface area contributed by atoms with E-state index in [4.69, 9.17) is 9.47 Å². The smallest absolute Gasteiger partial charge is 0.0897 e. The minimum Gasteiger partial charge on any atom is -0.389 e. The van der Waals surface area contributed by atoms with Crippen molar-refractivity contribution in [2.75, 3.05) is 26.4 Å². The molecule has 0 aromatic carbocycles. The lowest BCUT2D eigenvalue weighted by molar-refractivity contribution is -0.0164. The number of aliphatic hydroxyl groups is 1. The molecule has 108 valence electrons. The van der Waals surface area contributed by atoms with Crippen molar-refractivity contribution in [3.8, 4) is 0 Å². The van der Waals surface area contributed by atoms with Crippen molar-refractivity contribution in [1.82, 2.24) is 5.32 Å². The van der Waals surface area contributed by atoms with Crippen LogP contribution in [0.3, 0.4) is 0 Å². The van der Waals surface area contributed by atoms with Crippen LogP contribution in [0.4, 0.5) is 0 Å². The van der Waals surface area contributed by atoms with Crippen molar-refractivity contribution >= 4 is 11.3 Å². The summed E-state index contributed by atoms with van der Waals surface area (Å²) in [5.41, 5.74) is 1.31. The Morgan fingerprint density at radius 1 is 1.63 bits per heavy atom. The number of rotatable bonds is 8. The maximum atomic E-state index is 9.80. The molecule has 19 heavy (non-hydrogen) atoms. The third kappa shape index (κ3) is 5.20. The number of aliphatic hydroxyl groups excluding tert-OH is 1. The van der Waals surface area contributed by atoms with Gasteiger partial charge < -0.3 is 19.9 Å². The monoisotopic (exact) mass is 285 g/mol. The van der Waals surface area contributed by atoms with Gasteiger partial charge in [0.15, 0.2) is 0 Å². The van der Waals surface area contributed by atoms with Gasteiger partial charge in [-0.3, -0.25) is 0 Å². The van der Waals surface area contributed by atoms with Gasteiger partial charge in [-0.05, 0) is 36.8 Å². The summed E-state index contributed by atoms with van der Waals surface area (Å²) in [7, 11) is 0. The van der Waals surface area contributed by atoms with Gasteiger partial charge in [0, 0.05) is 24.6 Å². The van der Waals surface area contributed by atoms with E-state index in [9.17, 15) is 5.11 Å². The molecule has 0 saturated carbocycles. The first-order chi connectivity index (χ1) is 9.25. The van der Waals surface area contributed by atoms with Gasteiger partial charge in [0.1, 0.15) is 0 Å². The van der Waals surface area contributed by atoms with Crippen LogP contribution in [0, 0.1) is 6.92 Å². The average molecular weight is 285 g/mol. The lowest BCUT2D eigenvalue weighted by atomic mass is 10.2. The van der Waals surface area contributed by atoms with E-state index in [2.05, 4.69) is 23.7 Å². The van der Waals surface area contributed by atoms with E-state index in [1.165, 1.54) is 10.4 Å². The van der Waals surface area contributed by atoms with E-state index < -0.39 is 6.10 Å². The first kappa shape index (κ1) is 14.9. The van der Waals surface area contributed by atoms with E-state index >= 15 is 0 Å². The Morgan fingerprint density at radius 3 is 3.21 bits per heavy atom. The number of ether oxygens (including phenoxy) is 2. The zero-order valence-electron chi connectivity index (χ0n) is 11.4. The summed E-state index contributed by atoms with van der Waals surface area (Å²) >= 11 is 1.74. The van der Waals surface area contributed by atoms with Gasteiger partial charge >= 0.3 is 0 Å². The minimum atomic E-state index is -0.457. The standard InChI is InChI=1S/C14H23NO3S/c1-11-4-6-19-14(11)8-15-7-12(16)9-17-10-13-3-2-5-18-13/h4,6,12-13,15-16H,2-3,5,7-10H2,1H3. The second-order valence-electron chi connectivity index (χ2n) is 4.98. The quantitative estimate of drug-likeness (QED) is 0.763. The molecule has 0 radical (unpaired) electrons. The van der Waals surface area contributed by atoms with Crippen molar-refractivity contribution in [3.05, 3.63) is 21.9 Å². The van der Waals surface area contributed by atoms with Gasteiger partial charge in [-0.1, -0.05) is 0 Å². The molecular formula is C14H23NO3S. The highest BCUT2D eigenvalue weighted by Gasteiger charge is 2.16. The van der Waals surface area contributed by atoms with E-state index in [0.29, 0.717) is 19.8 Å². The first-order valence-corrected chi connectivity index (χ1v) is 7.75. The molecule has 4 nitrogen and oxygen atoms in total.